The molecular weight excluding hydrogens is 272 g/mol. The fraction of sp³-hybridized carbons (Fsp3) is 0.0500. The van der Waals surface area contributed by atoms with Gasteiger partial charge in [-0.1, -0.05) is 48.5 Å². The highest BCUT2D eigenvalue weighted by atomic mass is 16.5. The van der Waals surface area contributed by atoms with E-state index in [9.17, 15) is 4.79 Å². The first-order valence-corrected chi connectivity index (χ1v) is 7.36. The zero-order valence-electron chi connectivity index (χ0n) is 11.7. The Morgan fingerprint density at radius 2 is 1.55 bits per heavy atom. The number of Topliss-reactive ketones (excluding diaryl/α,β-unsaturated/α-hetero) is 1. The number of hydrogen-bond acceptors (Lipinski definition) is 2. The summed E-state index contributed by atoms with van der Waals surface area (Å²) in [6, 6.07) is 20.0. The molecular formula is C20H12O2. The van der Waals surface area contributed by atoms with E-state index in [-0.39, 0.29) is 5.78 Å². The number of ketones is 1. The van der Waals surface area contributed by atoms with Gasteiger partial charge in [0.15, 0.2) is 6.10 Å². The van der Waals surface area contributed by atoms with Crippen molar-refractivity contribution in [3.63, 3.8) is 0 Å². The summed E-state index contributed by atoms with van der Waals surface area (Å²) in [4.78, 5) is 12.7. The Morgan fingerprint density at radius 1 is 0.818 bits per heavy atom. The third-order valence-corrected chi connectivity index (χ3v) is 4.46. The van der Waals surface area contributed by atoms with Crippen molar-refractivity contribution < 1.29 is 9.53 Å². The zero-order chi connectivity index (χ0) is 14.7. The molecule has 0 N–H and O–H groups in total. The minimum atomic E-state index is -0.498. The van der Waals surface area contributed by atoms with Crippen molar-refractivity contribution in [1.29, 1.82) is 0 Å². The molecule has 1 aliphatic carbocycles. The Bertz CT molecular complexity index is 982. The lowest BCUT2D eigenvalue weighted by atomic mass is 9.86. The largest absolute Gasteiger partial charge is 0.477 e. The highest BCUT2D eigenvalue weighted by Crippen LogP contribution is 2.44. The van der Waals surface area contributed by atoms with E-state index in [4.69, 9.17) is 4.74 Å². The maximum Gasteiger partial charge on any atom is 0.208 e. The summed E-state index contributed by atoms with van der Waals surface area (Å²) < 4.78 is 5.97. The van der Waals surface area contributed by atoms with Gasteiger partial charge in [-0.25, -0.2) is 0 Å². The molecule has 1 unspecified atom stereocenters. The number of benzene rings is 3. The first kappa shape index (κ1) is 11.8. The van der Waals surface area contributed by atoms with Crippen molar-refractivity contribution in [2.24, 2.45) is 0 Å². The van der Waals surface area contributed by atoms with Crippen molar-refractivity contribution in [2.75, 3.05) is 0 Å². The van der Waals surface area contributed by atoms with E-state index in [2.05, 4.69) is 24.3 Å². The smallest absolute Gasteiger partial charge is 0.208 e. The molecule has 2 heteroatoms. The summed E-state index contributed by atoms with van der Waals surface area (Å²) in [5.41, 5.74) is 3.73. The van der Waals surface area contributed by atoms with Crippen LogP contribution in [0.1, 0.15) is 21.5 Å². The number of ether oxygens (including phenoxy) is 1. The SMILES string of the molecule is O=C1c2ccccc2C=C2c3cc4ccccc4cc3OC12. The second-order valence-corrected chi connectivity index (χ2v) is 5.74. The average Bonchev–Trinajstić information content (AvgIpc) is 2.91. The van der Waals surface area contributed by atoms with Gasteiger partial charge in [-0.2, -0.15) is 0 Å². The van der Waals surface area contributed by atoms with Crippen LogP contribution >= 0.6 is 0 Å². The molecule has 0 aromatic heterocycles. The summed E-state index contributed by atoms with van der Waals surface area (Å²) in [5, 5.41) is 2.29. The Labute approximate surface area is 127 Å². The molecule has 0 fully saturated rings. The summed E-state index contributed by atoms with van der Waals surface area (Å²) >= 11 is 0. The fourth-order valence-electron chi connectivity index (χ4n) is 3.38. The van der Waals surface area contributed by atoms with Crippen LogP contribution < -0.4 is 4.74 Å². The lowest BCUT2D eigenvalue weighted by molar-refractivity contribution is 0.0873. The molecule has 104 valence electrons. The molecule has 0 spiro atoms. The molecule has 2 nitrogen and oxygen atoms in total. The van der Waals surface area contributed by atoms with E-state index < -0.39 is 6.10 Å². The van der Waals surface area contributed by atoms with Gasteiger partial charge in [0.25, 0.3) is 0 Å². The Balaban J connectivity index is 1.78. The Kier molecular flexibility index (Phi) is 2.18. The second-order valence-electron chi connectivity index (χ2n) is 5.74. The molecule has 3 aromatic carbocycles. The molecule has 5 rings (SSSR count). The van der Waals surface area contributed by atoms with E-state index in [1.165, 1.54) is 0 Å². The number of fused-ring (bicyclic) bond motifs is 5. The molecule has 0 saturated heterocycles. The highest BCUT2D eigenvalue weighted by Gasteiger charge is 2.38. The second kappa shape index (κ2) is 4.08. The monoisotopic (exact) mass is 284 g/mol. The van der Waals surface area contributed by atoms with Crippen LogP contribution in [0.4, 0.5) is 0 Å². The van der Waals surface area contributed by atoms with Crippen LogP contribution in [0.25, 0.3) is 22.4 Å². The van der Waals surface area contributed by atoms with E-state index in [0.717, 1.165) is 38.8 Å². The number of rotatable bonds is 0. The lowest BCUT2D eigenvalue weighted by Gasteiger charge is -2.18. The fourth-order valence-corrected chi connectivity index (χ4v) is 3.38. The molecule has 0 saturated carbocycles. The van der Waals surface area contributed by atoms with Crippen molar-refractivity contribution in [3.8, 4) is 5.75 Å². The van der Waals surface area contributed by atoms with Crippen LogP contribution in [0.15, 0.2) is 60.7 Å². The minimum Gasteiger partial charge on any atom is -0.477 e. The van der Waals surface area contributed by atoms with Crippen LogP contribution in [0.3, 0.4) is 0 Å². The summed E-state index contributed by atoms with van der Waals surface area (Å²) in [6.07, 6.45) is 1.59. The topological polar surface area (TPSA) is 26.3 Å². The van der Waals surface area contributed by atoms with Gasteiger partial charge in [-0.3, -0.25) is 4.79 Å². The van der Waals surface area contributed by atoms with E-state index in [0.29, 0.717) is 0 Å². The van der Waals surface area contributed by atoms with E-state index in [1.807, 2.05) is 42.5 Å². The predicted molar refractivity (Wildman–Crippen MR) is 87.0 cm³/mol. The molecule has 2 aliphatic rings. The molecule has 0 amide bonds. The van der Waals surface area contributed by atoms with Crippen LogP contribution in [-0.2, 0) is 0 Å². The van der Waals surface area contributed by atoms with Crippen LogP contribution in [0.5, 0.6) is 5.75 Å². The number of carbonyl (C=O) groups excluding carboxylic acids is 1. The van der Waals surface area contributed by atoms with Crippen LogP contribution in [0.2, 0.25) is 0 Å². The van der Waals surface area contributed by atoms with Gasteiger partial charge in [-0.15, -0.1) is 0 Å². The number of carbonyl (C=O) groups is 1. The Hall–Kier alpha value is -2.87. The van der Waals surface area contributed by atoms with Gasteiger partial charge in [-0.05, 0) is 34.5 Å². The van der Waals surface area contributed by atoms with E-state index >= 15 is 0 Å². The first-order chi connectivity index (χ1) is 10.8. The van der Waals surface area contributed by atoms with Gasteiger partial charge >= 0.3 is 0 Å². The molecule has 22 heavy (non-hydrogen) atoms. The molecule has 0 radical (unpaired) electrons. The zero-order valence-corrected chi connectivity index (χ0v) is 11.7. The standard InChI is InChI=1S/C20H12O2/c21-19-15-8-4-3-7-14(15)10-17-16-9-12-5-1-2-6-13(12)11-18(16)22-20(17)19/h1-11,20H. The maximum atomic E-state index is 12.7. The van der Waals surface area contributed by atoms with Crippen LogP contribution in [0, 0.1) is 0 Å². The van der Waals surface area contributed by atoms with Gasteiger partial charge in [0.1, 0.15) is 5.75 Å². The molecule has 1 atom stereocenters. The summed E-state index contributed by atoms with van der Waals surface area (Å²) in [5.74, 6) is 0.851. The predicted octanol–water partition coefficient (Wildman–Crippen LogP) is 4.34. The first-order valence-electron chi connectivity index (χ1n) is 7.36. The lowest BCUT2D eigenvalue weighted by Crippen LogP contribution is -2.27. The van der Waals surface area contributed by atoms with Gasteiger partial charge in [0, 0.05) is 16.7 Å². The normalized spacial score (nSPS) is 18.3. The number of hydrogen-bond donors (Lipinski definition) is 0. The van der Waals surface area contributed by atoms with Gasteiger partial charge < -0.3 is 4.74 Å². The van der Waals surface area contributed by atoms with Gasteiger partial charge in [0.2, 0.25) is 5.78 Å². The minimum absolute atomic E-state index is 0.0494. The van der Waals surface area contributed by atoms with Crippen molar-refractivity contribution in [3.05, 3.63) is 77.4 Å². The summed E-state index contributed by atoms with van der Waals surface area (Å²) in [6.45, 7) is 0. The summed E-state index contributed by atoms with van der Waals surface area (Å²) in [7, 11) is 0. The van der Waals surface area contributed by atoms with Gasteiger partial charge in [0.05, 0.1) is 0 Å². The van der Waals surface area contributed by atoms with Crippen molar-refractivity contribution in [2.45, 2.75) is 6.10 Å². The Morgan fingerprint density at radius 3 is 2.41 bits per heavy atom. The third-order valence-electron chi connectivity index (χ3n) is 4.46. The van der Waals surface area contributed by atoms with Crippen molar-refractivity contribution >= 4 is 28.2 Å². The quantitative estimate of drug-likeness (QED) is 0.614. The third kappa shape index (κ3) is 1.47. The van der Waals surface area contributed by atoms with Crippen molar-refractivity contribution in [1.82, 2.24) is 0 Å². The molecule has 1 aliphatic heterocycles. The molecule has 1 heterocycles. The maximum absolute atomic E-state index is 12.7. The van der Waals surface area contributed by atoms with E-state index in [1.54, 1.807) is 0 Å². The molecule has 3 aromatic rings. The highest BCUT2D eigenvalue weighted by molar-refractivity contribution is 6.17. The average molecular weight is 284 g/mol. The molecule has 0 bridgehead atoms. The van der Waals surface area contributed by atoms with Crippen LogP contribution in [-0.4, -0.2) is 11.9 Å².